The number of hydrogen-bond acceptors (Lipinski definition) is 2. The summed E-state index contributed by atoms with van der Waals surface area (Å²) in [5.74, 6) is 0. The van der Waals surface area contributed by atoms with Crippen LogP contribution in [0.3, 0.4) is 0 Å². The smallest absolute Gasteiger partial charge is 0.0790 e. The van der Waals surface area contributed by atoms with Gasteiger partial charge in [-0.2, -0.15) is 5.10 Å². The lowest BCUT2D eigenvalue weighted by Gasteiger charge is -2.08. The van der Waals surface area contributed by atoms with Crippen molar-refractivity contribution < 1.29 is 0 Å². The Balaban J connectivity index is 2.57. The van der Waals surface area contributed by atoms with E-state index in [9.17, 15) is 0 Å². The summed E-state index contributed by atoms with van der Waals surface area (Å²) in [5.41, 5.74) is 7.36. The highest BCUT2D eigenvalue weighted by molar-refractivity contribution is 6.31. The molecule has 78 valence electrons. The largest absolute Gasteiger partial charge is 0.326 e. The van der Waals surface area contributed by atoms with Crippen molar-refractivity contribution in [1.82, 2.24) is 9.78 Å². The summed E-state index contributed by atoms with van der Waals surface area (Å²) in [5, 5.41) is 5.33. The van der Waals surface area contributed by atoms with Crippen LogP contribution in [0.25, 0.3) is 5.69 Å². The molecule has 2 rings (SSSR count). The predicted molar refractivity (Wildman–Crippen MR) is 61.5 cm³/mol. The van der Waals surface area contributed by atoms with Crippen LogP contribution in [0, 0.1) is 0 Å². The molecular formula is C10H9Cl2N3. The van der Waals surface area contributed by atoms with Gasteiger partial charge in [0.1, 0.15) is 0 Å². The van der Waals surface area contributed by atoms with Crippen LogP contribution in [-0.4, -0.2) is 9.78 Å². The van der Waals surface area contributed by atoms with Crippen LogP contribution in [0.1, 0.15) is 5.56 Å². The molecule has 0 atom stereocenters. The Hall–Kier alpha value is -1.03. The van der Waals surface area contributed by atoms with Crippen molar-refractivity contribution in [3.05, 3.63) is 46.2 Å². The van der Waals surface area contributed by atoms with E-state index in [1.807, 2.05) is 12.1 Å². The van der Waals surface area contributed by atoms with E-state index in [2.05, 4.69) is 5.10 Å². The molecule has 0 bridgehead atoms. The quantitative estimate of drug-likeness (QED) is 0.879. The summed E-state index contributed by atoms with van der Waals surface area (Å²) in [7, 11) is 0. The molecule has 5 heteroatoms. The maximum absolute atomic E-state index is 6.03. The average molecular weight is 242 g/mol. The summed E-state index contributed by atoms with van der Waals surface area (Å²) in [6, 6.07) is 5.56. The minimum Gasteiger partial charge on any atom is -0.326 e. The molecule has 0 amide bonds. The third-order valence-corrected chi connectivity index (χ3v) is 2.65. The second-order valence-electron chi connectivity index (χ2n) is 3.04. The highest BCUT2D eigenvalue weighted by Crippen LogP contribution is 2.23. The van der Waals surface area contributed by atoms with Gasteiger partial charge in [0.2, 0.25) is 0 Å². The summed E-state index contributed by atoms with van der Waals surface area (Å²) in [6.07, 6.45) is 3.29. The van der Waals surface area contributed by atoms with Crippen molar-refractivity contribution in [1.29, 1.82) is 0 Å². The molecule has 3 nitrogen and oxygen atoms in total. The molecule has 0 saturated carbocycles. The van der Waals surface area contributed by atoms with Gasteiger partial charge in [0.15, 0.2) is 0 Å². The first-order chi connectivity index (χ1) is 7.22. The first-order valence-electron chi connectivity index (χ1n) is 4.40. The number of rotatable bonds is 2. The molecule has 15 heavy (non-hydrogen) atoms. The summed E-state index contributed by atoms with van der Waals surface area (Å²) in [4.78, 5) is 0. The van der Waals surface area contributed by atoms with Crippen LogP contribution in [0.15, 0.2) is 30.6 Å². The number of aromatic nitrogens is 2. The van der Waals surface area contributed by atoms with Crippen molar-refractivity contribution in [3.8, 4) is 5.69 Å². The molecule has 2 aromatic rings. The van der Waals surface area contributed by atoms with Gasteiger partial charge in [0.05, 0.1) is 16.9 Å². The zero-order chi connectivity index (χ0) is 10.8. The van der Waals surface area contributed by atoms with Crippen LogP contribution in [0.5, 0.6) is 0 Å². The number of hydrogen-bond donors (Lipinski definition) is 1. The summed E-state index contributed by atoms with van der Waals surface area (Å²) >= 11 is 11.8. The molecule has 1 aromatic carbocycles. The van der Waals surface area contributed by atoms with E-state index in [1.54, 1.807) is 23.1 Å². The van der Waals surface area contributed by atoms with E-state index >= 15 is 0 Å². The molecule has 0 aliphatic rings. The van der Waals surface area contributed by atoms with E-state index < -0.39 is 0 Å². The van der Waals surface area contributed by atoms with Gasteiger partial charge in [-0.15, -0.1) is 0 Å². The lowest BCUT2D eigenvalue weighted by Crippen LogP contribution is -2.05. The van der Waals surface area contributed by atoms with Crippen molar-refractivity contribution in [2.45, 2.75) is 6.54 Å². The highest BCUT2D eigenvalue weighted by Gasteiger charge is 2.07. The van der Waals surface area contributed by atoms with Crippen molar-refractivity contribution in [3.63, 3.8) is 0 Å². The van der Waals surface area contributed by atoms with E-state index in [4.69, 9.17) is 28.9 Å². The minimum absolute atomic E-state index is 0.368. The van der Waals surface area contributed by atoms with Gasteiger partial charge in [-0.25, -0.2) is 4.68 Å². The van der Waals surface area contributed by atoms with Crippen molar-refractivity contribution in [2.24, 2.45) is 5.73 Å². The van der Waals surface area contributed by atoms with Gasteiger partial charge < -0.3 is 5.73 Å². The third kappa shape index (κ3) is 2.00. The highest BCUT2D eigenvalue weighted by atomic mass is 35.5. The number of nitrogens with zero attached hydrogens (tertiary/aromatic N) is 2. The van der Waals surface area contributed by atoms with E-state index in [1.165, 1.54) is 0 Å². The Morgan fingerprint density at radius 2 is 2.13 bits per heavy atom. The number of nitrogens with two attached hydrogens (primary N) is 1. The van der Waals surface area contributed by atoms with Gasteiger partial charge in [0, 0.05) is 23.3 Å². The lowest BCUT2D eigenvalue weighted by molar-refractivity contribution is 0.859. The first-order valence-corrected chi connectivity index (χ1v) is 5.16. The van der Waals surface area contributed by atoms with E-state index in [0.717, 1.165) is 11.3 Å². The van der Waals surface area contributed by atoms with Crippen molar-refractivity contribution in [2.75, 3.05) is 0 Å². The zero-order valence-corrected chi connectivity index (χ0v) is 9.33. The maximum Gasteiger partial charge on any atom is 0.0790 e. The summed E-state index contributed by atoms with van der Waals surface area (Å²) in [6.45, 7) is 0.368. The summed E-state index contributed by atoms with van der Waals surface area (Å²) < 4.78 is 1.66. The van der Waals surface area contributed by atoms with Crippen LogP contribution in [-0.2, 0) is 6.54 Å². The second kappa shape index (κ2) is 4.23. The van der Waals surface area contributed by atoms with Crippen molar-refractivity contribution >= 4 is 23.2 Å². The van der Waals surface area contributed by atoms with Gasteiger partial charge >= 0.3 is 0 Å². The SMILES string of the molecule is NCc1c(Cl)cccc1-n1cc(Cl)cn1. The fourth-order valence-electron chi connectivity index (χ4n) is 1.40. The number of halogens is 2. The monoisotopic (exact) mass is 241 g/mol. The molecule has 1 heterocycles. The molecule has 0 saturated heterocycles. The van der Waals surface area contributed by atoms with E-state index in [0.29, 0.717) is 16.6 Å². The zero-order valence-electron chi connectivity index (χ0n) is 7.82. The Morgan fingerprint density at radius 1 is 1.33 bits per heavy atom. The molecule has 0 radical (unpaired) electrons. The molecule has 0 aliphatic heterocycles. The molecule has 2 N–H and O–H groups in total. The van der Waals surface area contributed by atoms with Gasteiger partial charge in [-0.05, 0) is 12.1 Å². The van der Waals surface area contributed by atoms with Crippen LogP contribution in [0.4, 0.5) is 0 Å². The fraction of sp³-hybridized carbons (Fsp3) is 0.100. The number of benzene rings is 1. The normalized spacial score (nSPS) is 10.6. The lowest BCUT2D eigenvalue weighted by atomic mass is 10.2. The maximum atomic E-state index is 6.03. The van der Waals surface area contributed by atoms with Gasteiger partial charge in [0.25, 0.3) is 0 Å². The fourth-order valence-corrected chi connectivity index (χ4v) is 1.78. The Morgan fingerprint density at radius 3 is 2.73 bits per heavy atom. The van der Waals surface area contributed by atoms with E-state index in [-0.39, 0.29) is 0 Å². The Kier molecular flexibility index (Phi) is 2.95. The van der Waals surface area contributed by atoms with Crippen LogP contribution >= 0.6 is 23.2 Å². The second-order valence-corrected chi connectivity index (χ2v) is 3.89. The molecule has 0 unspecified atom stereocenters. The Bertz CT molecular complexity index is 479. The van der Waals surface area contributed by atoms with Crippen LogP contribution in [0.2, 0.25) is 10.0 Å². The molecule has 0 fully saturated rings. The average Bonchev–Trinajstić information content (AvgIpc) is 2.64. The standard InChI is InChI=1S/C10H9Cl2N3/c11-7-5-14-15(6-7)10-3-1-2-9(12)8(10)4-13/h1-3,5-6H,4,13H2. The first kappa shape index (κ1) is 10.5. The molecule has 0 spiro atoms. The predicted octanol–water partition coefficient (Wildman–Crippen LogP) is 2.64. The molecular weight excluding hydrogens is 233 g/mol. The Labute approximate surface area is 97.4 Å². The van der Waals surface area contributed by atoms with Gasteiger partial charge in [-0.3, -0.25) is 0 Å². The third-order valence-electron chi connectivity index (χ3n) is 2.10. The van der Waals surface area contributed by atoms with Crippen LogP contribution < -0.4 is 5.73 Å². The van der Waals surface area contributed by atoms with Gasteiger partial charge in [-0.1, -0.05) is 29.3 Å². The molecule has 1 aromatic heterocycles. The molecule has 0 aliphatic carbocycles. The minimum atomic E-state index is 0.368. The topological polar surface area (TPSA) is 43.8 Å².